The third kappa shape index (κ3) is 4.44. The molecule has 0 spiro atoms. The largest absolute Gasteiger partial charge is 0.493 e. The maximum Gasteiger partial charge on any atom is 0.269 e. The highest BCUT2D eigenvalue weighted by Crippen LogP contribution is 2.27. The van der Waals surface area contributed by atoms with Crippen LogP contribution in [-0.2, 0) is 6.42 Å². The highest BCUT2D eigenvalue weighted by Gasteiger charge is 2.04. The van der Waals surface area contributed by atoms with Crippen molar-refractivity contribution in [1.82, 2.24) is 0 Å². The molecule has 0 bridgehead atoms. The van der Waals surface area contributed by atoms with Gasteiger partial charge in [0.1, 0.15) is 0 Å². The molecule has 120 valence electrons. The van der Waals surface area contributed by atoms with E-state index in [-0.39, 0.29) is 5.69 Å². The van der Waals surface area contributed by atoms with Crippen LogP contribution in [0.15, 0.2) is 47.6 Å². The van der Waals surface area contributed by atoms with Gasteiger partial charge in [-0.3, -0.25) is 15.5 Å². The Morgan fingerprint density at radius 2 is 1.83 bits per heavy atom. The van der Waals surface area contributed by atoms with E-state index in [4.69, 9.17) is 9.47 Å². The Balaban J connectivity index is 1.92. The molecule has 7 nitrogen and oxygen atoms in total. The van der Waals surface area contributed by atoms with Gasteiger partial charge in [0.05, 0.1) is 24.8 Å². The van der Waals surface area contributed by atoms with E-state index in [2.05, 4.69) is 10.5 Å². The predicted octanol–water partition coefficient (Wildman–Crippen LogP) is 3.25. The number of hydrogen-bond donors (Lipinski definition) is 1. The molecule has 0 atom stereocenters. The number of non-ortho nitro benzene ring substituents is 1. The molecule has 1 N–H and O–H groups in total. The van der Waals surface area contributed by atoms with Crippen LogP contribution in [0.4, 0.5) is 11.4 Å². The van der Waals surface area contributed by atoms with E-state index in [0.717, 1.165) is 5.56 Å². The van der Waals surface area contributed by atoms with Gasteiger partial charge in [0.15, 0.2) is 11.5 Å². The second-order valence-corrected chi connectivity index (χ2v) is 4.62. The van der Waals surface area contributed by atoms with Crippen LogP contribution < -0.4 is 14.9 Å². The summed E-state index contributed by atoms with van der Waals surface area (Å²) < 4.78 is 10.4. The zero-order valence-corrected chi connectivity index (χ0v) is 12.9. The van der Waals surface area contributed by atoms with Gasteiger partial charge in [-0.25, -0.2) is 0 Å². The van der Waals surface area contributed by atoms with Crippen LogP contribution in [-0.4, -0.2) is 25.4 Å². The minimum atomic E-state index is -0.440. The molecule has 0 fully saturated rings. The molecule has 0 amide bonds. The lowest BCUT2D eigenvalue weighted by Crippen LogP contribution is -1.95. The highest BCUT2D eigenvalue weighted by atomic mass is 16.6. The van der Waals surface area contributed by atoms with Crippen LogP contribution in [0.5, 0.6) is 11.5 Å². The molecule has 2 rings (SSSR count). The maximum absolute atomic E-state index is 10.6. The average Bonchev–Trinajstić information content (AvgIpc) is 2.58. The number of rotatable bonds is 7. The van der Waals surface area contributed by atoms with E-state index in [1.165, 1.54) is 12.1 Å². The lowest BCUT2D eigenvalue weighted by molar-refractivity contribution is -0.384. The first kappa shape index (κ1) is 16.3. The molecule has 0 aliphatic rings. The van der Waals surface area contributed by atoms with Crippen molar-refractivity contribution in [2.24, 2.45) is 5.10 Å². The zero-order valence-electron chi connectivity index (χ0n) is 12.9. The minimum absolute atomic E-state index is 0.0462. The molecule has 0 saturated carbocycles. The molecule has 0 aromatic heterocycles. The van der Waals surface area contributed by atoms with Gasteiger partial charge in [-0.15, -0.1) is 0 Å². The standard InChI is InChI=1S/C16H17N3O4/c1-22-15-8-3-12(11-16(15)23-2)9-10-17-18-13-4-6-14(7-5-13)19(20)21/h3-8,10-11,18H,9H2,1-2H3. The van der Waals surface area contributed by atoms with Crippen LogP contribution in [0.25, 0.3) is 0 Å². The van der Waals surface area contributed by atoms with Gasteiger partial charge in [-0.2, -0.15) is 5.10 Å². The number of benzene rings is 2. The summed E-state index contributed by atoms with van der Waals surface area (Å²) in [7, 11) is 3.18. The van der Waals surface area contributed by atoms with Crippen molar-refractivity contribution >= 4 is 17.6 Å². The topological polar surface area (TPSA) is 86.0 Å². The number of nitrogens with zero attached hydrogens (tertiary/aromatic N) is 2. The highest BCUT2D eigenvalue weighted by molar-refractivity contribution is 5.64. The van der Waals surface area contributed by atoms with Gasteiger partial charge in [0, 0.05) is 24.8 Å². The Morgan fingerprint density at radius 1 is 1.13 bits per heavy atom. The second kappa shape index (κ2) is 7.79. The molecule has 2 aromatic rings. The summed E-state index contributed by atoms with van der Waals surface area (Å²) in [5.41, 5.74) is 4.57. The van der Waals surface area contributed by atoms with E-state index in [9.17, 15) is 10.1 Å². The average molecular weight is 315 g/mol. The Bertz CT molecular complexity index is 699. The molecule has 0 aliphatic heterocycles. The van der Waals surface area contributed by atoms with Gasteiger partial charge in [-0.05, 0) is 29.8 Å². The van der Waals surface area contributed by atoms with Crippen LogP contribution >= 0.6 is 0 Å². The van der Waals surface area contributed by atoms with Crippen LogP contribution in [0.3, 0.4) is 0 Å². The Hall–Kier alpha value is -3.09. The number of hydrogen-bond acceptors (Lipinski definition) is 6. The molecule has 7 heteroatoms. The van der Waals surface area contributed by atoms with Crippen molar-refractivity contribution in [2.45, 2.75) is 6.42 Å². The first-order chi connectivity index (χ1) is 11.1. The number of nitro benzene ring substituents is 1. The summed E-state index contributed by atoms with van der Waals surface area (Å²) in [4.78, 5) is 10.1. The summed E-state index contributed by atoms with van der Waals surface area (Å²) in [5, 5.41) is 14.7. The molecular weight excluding hydrogens is 298 g/mol. The third-order valence-electron chi connectivity index (χ3n) is 3.14. The molecule has 0 radical (unpaired) electrons. The van der Waals surface area contributed by atoms with Crippen molar-refractivity contribution < 1.29 is 14.4 Å². The normalized spacial score (nSPS) is 10.5. The molecule has 0 unspecified atom stereocenters. The van der Waals surface area contributed by atoms with Crippen molar-refractivity contribution in [3.8, 4) is 11.5 Å². The Kier molecular flexibility index (Phi) is 5.51. The molecule has 23 heavy (non-hydrogen) atoms. The smallest absolute Gasteiger partial charge is 0.269 e. The summed E-state index contributed by atoms with van der Waals surface area (Å²) in [6.45, 7) is 0. The van der Waals surface area contributed by atoms with E-state index in [1.807, 2.05) is 18.2 Å². The number of hydrazone groups is 1. The van der Waals surface area contributed by atoms with Gasteiger partial charge in [0.25, 0.3) is 5.69 Å². The van der Waals surface area contributed by atoms with E-state index in [1.54, 1.807) is 32.6 Å². The SMILES string of the molecule is COc1ccc(CC=NNc2ccc([N+](=O)[O-])cc2)cc1OC. The summed E-state index contributed by atoms with van der Waals surface area (Å²) in [6, 6.07) is 11.7. The Labute approximate surface area is 133 Å². The maximum atomic E-state index is 10.6. The fraction of sp³-hybridized carbons (Fsp3) is 0.188. The third-order valence-corrected chi connectivity index (χ3v) is 3.14. The molecule has 2 aromatic carbocycles. The number of anilines is 1. The number of methoxy groups -OCH3 is 2. The fourth-order valence-electron chi connectivity index (χ4n) is 1.94. The van der Waals surface area contributed by atoms with Gasteiger partial charge in [0.2, 0.25) is 0 Å². The molecule has 0 heterocycles. The van der Waals surface area contributed by atoms with Gasteiger partial charge < -0.3 is 9.47 Å². The lowest BCUT2D eigenvalue weighted by Gasteiger charge is -2.08. The van der Waals surface area contributed by atoms with Gasteiger partial charge >= 0.3 is 0 Å². The second-order valence-electron chi connectivity index (χ2n) is 4.62. The zero-order chi connectivity index (χ0) is 16.7. The van der Waals surface area contributed by atoms with Crippen LogP contribution in [0, 0.1) is 10.1 Å². The lowest BCUT2D eigenvalue weighted by atomic mass is 10.1. The number of ether oxygens (including phenoxy) is 2. The summed E-state index contributed by atoms with van der Waals surface area (Å²) in [5.74, 6) is 1.35. The van der Waals surface area contributed by atoms with Crippen molar-refractivity contribution in [1.29, 1.82) is 0 Å². The van der Waals surface area contributed by atoms with Crippen LogP contribution in [0.1, 0.15) is 5.56 Å². The Morgan fingerprint density at radius 3 is 2.43 bits per heavy atom. The molecule has 0 saturated heterocycles. The number of nitro groups is 1. The monoisotopic (exact) mass is 315 g/mol. The minimum Gasteiger partial charge on any atom is -0.493 e. The molecular formula is C16H17N3O4. The first-order valence-electron chi connectivity index (χ1n) is 6.87. The molecule has 0 aliphatic carbocycles. The summed E-state index contributed by atoms with van der Waals surface area (Å²) in [6.07, 6.45) is 2.32. The van der Waals surface area contributed by atoms with E-state index >= 15 is 0 Å². The van der Waals surface area contributed by atoms with Gasteiger partial charge in [-0.1, -0.05) is 6.07 Å². The summed E-state index contributed by atoms with van der Waals surface area (Å²) >= 11 is 0. The van der Waals surface area contributed by atoms with Crippen LogP contribution in [0.2, 0.25) is 0 Å². The van der Waals surface area contributed by atoms with Crippen molar-refractivity contribution in [2.75, 3.05) is 19.6 Å². The van der Waals surface area contributed by atoms with E-state index < -0.39 is 4.92 Å². The quantitative estimate of drug-likeness (QED) is 0.481. The van der Waals surface area contributed by atoms with Crippen molar-refractivity contribution in [3.63, 3.8) is 0 Å². The predicted molar refractivity (Wildman–Crippen MR) is 88.5 cm³/mol. The van der Waals surface area contributed by atoms with Crippen molar-refractivity contribution in [3.05, 3.63) is 58.1 Å². The fourth-order valence-corrected chi connectivity index (χ4v) is 1.94. The number of nitrogens with one attached hydrogen (secondary N) is 1. The van der Waals surface area contributed by atoms with E-state index in [0.29, 0.717) is 23.6 Å². The first-order valence-corrected chi connectivity index (χ1v) is 6.87.